The smallest absolute Gasteiger partial charge is 0.168 e. The summed E-state index contributed by atoms with van der Waals surface area (Å²) in [7, 11) is 0. The molecule has 1 heterocycles. The largest absolute Gasteiger partial charge is 0.368 e. The lowest BCUT2D eigenvalue weighted by molar-refractivity contribution is 0.578. The molecule has 16 heavy (non-hydrogen) atoms. The molecular weight excluding hydrogens is 232 g/mol. The Bertz CT molecular complexity index is 347. The van der Waals surface area contributed by atoms with Crippen molar-refractivity contribution in [1.82, 2.24) is 4.98 Å². The van der Waals surface area contributed by atoms with Crippen LogP contribution in [0.1, 0.15) is 6.92 Å². The molecule has 0 amide bonds. The van der Waals surface area contributed by atoms with Gasteiger partial charge < -0.3 is 10.6 Å². The van der Waals surface area contributed by atoms with Crippen LogP contribution in [-0.2, 0) is 0 Å². The van der Waals surface area contributed by atoms with Crippen LogP contribution in [0, 0.1) is 11.6 Å². The molecule has 1 aromatic heterocycles. The summed E-state index contributed by atoms with van der Waals surface area (Å²) < 4.78 is 26.5. The average molecular weight is 247 g/mol. The number of aromatic nitrogens is 1. The minimum atomic E-state index is -0.672. The molecule has 0 aliphatic heterocycles. The first-order valence-corrected chi connectivity index (χ1v) is 6.41. The van der Waals surface area contributed by atoms with Crippen LogP contribution in [0.4, 0.5) is 20.4 Å². The van der Waals surface area contributed by atoms with Gasteiger partial charge in [-0.25, -0.2) is 13.8 Å². The van der Waals surface area contributed by atoms with E-state index in [2.05, 4.69) is 15.6 Å². The summed E-state index contributed by atoms with van der Waals surface area (Å²) in [5.41, 5.74) is 0. The number of nitrogens with one attached hydrogen (secondary N) is 2. The van der Waals surface area contributed by atoms with Crippen LogP contribution in [0.25, 0.3) is 0 Å². The van der Waals surface area contributed by atoms with Crippen molar-refractivity contribution < 1.29 is 8.78 Å². The van der Waals surface area contributed by atoms with Gasteiger partial charge in [0, 0.05) is 24.9 Å². The highest BCUT2D eigenvalue weighted by molar-refractivity contribution is 7.98. The Morgan fingerprint density at radius 2 is 1.88 bits per heavy atom. The van der Waals surface area contributed by atoms with Crippen molar-refractivity contribution in [1.29, 1.82) is 0 Å². The average Bonchev–Trinajstić information content (AvgIpc) is 2.25. The Kier molecular flexibility index (Phi) is 5.31. The van der Waals surface area contributed by atoms with Crippen LogP contribution in [0.5, 0.6) is 0 Å². The Morgan fingerprint density at radius 1 is 1.25 bits per heavy atom. The molecule has 0 fully saturated rings. The molecule has 0 spiro atoms. The van der Waals surface area contributed by atoms with E-state index in [0.29, 0.717) is 13.1 Å². The molecule has 0 aromatic carbocycles. The van der Waals surface area contributed by atoms with Gasteiger partial charge in [-0.15, -0.1) is 0 Å². The molecule has 90 valence electrons. The lowest BCUT2D eigenvalue weighted by Crippen LogP contribution is -2.10. The van der Waals surface area contributed by atoms with Crippen molar-refractivity contribution in [3.63, 3.8) is 0 Å². The van der Waals surface area contributed by atoms with E-state index in [-0.39, 0.29) is 11.6 Å². The SMILES string of the molecule is CCNc1nc(NCCSC)c(F)cc1F. The van der Waals surface area contributed by atoms with E-state index in [1.165, 1.54) is 0 Å². The molecule has 2 N–H and O–H groups in total. The Balaban J connectivity index is 2.78. The van der Waals surface area contributed by atoms with Gasteiger partial charge in [-0.05, 0) is 13.2 Å². The lowest BCUT2D eigenvalue weighted by atomic mass is 10.4. The number of rotatable bonds is 6. The molecule has 1 aromatic rings. The fourth-order valence-electron chi connectivity index (χ4n) is 1.15. The second-order valence-electron chi connectivity index (χ2n) is 3.10. The number of hydrogen-bond donors (Lipinski definition) is 2. The number of nitrogens with zero attached hydrogens (tertiary/aromatic N) is 1. The van der Waals surface area contributed by atoms with Crippen LogP contribution < -0.4 is 10.6 Å². The van der Waals surface area contributed by atoms with Crippen molar-refractivity contribution in [2.24, 2.45) is 0 Å². The highest BCUT2D eigenvalue weighted by Gasteiger charge is 2.10. The topological polar surface area (TPSA) is 37.0 Å². The highest BCUT2D eigenvalue weighted by atomic mass is 32.2. The van der Waals surface area contributed by atoms with Gasteiger partial charge in [-0.3, -0.25) is 0 Å². The Morgan fingerprint density at radius 3 is 2.44 bits per heavy atom. The van der Waals surface area contributed by atoms with Crippen molar-refractivity contribution in [3.8, 4) is 0 Å². The molecule has 6 heteroatoms. The summed E-state index contributed by atoms with van der Waals surface area (Å²) in [5, 5.41) is 5.56. The Hall–Kier alpha value is -1.04. The van der Waals surface area contributed by atoms with Gasteiger partial charge >= 0.3 is 0 Å². The predicted octanol–water partition coefficient (Wildman–Crippen LogP) is 2.57. The zero-order chi connectivity index (χ0) is 12.0. The molecule has 0 bridgehead atoms. The van der Waals surface area contributed by atoms with Crippen molar-refractivity contribution in [2.75, 3.05) is 35.7 Å². The molecule has 0 saturated heterocycles. The van der Waals surface area contributed by atoms with Gasteiger partial charge in [-0.1, -0.05) is 0 Å². The molecule has 0 unspecified atom stereocenters. The summed E-state index contributed by atoms with van der Waals surface area (Å²) in [6, 6.07) is 0.840. The number of thioether (sulfide) groups is 1. The van der Waals surface area contributed by atoms with E-state index < -0.39 is 11.6 Å². The maximum absolute atomic E-state index is 13.3. The monoisotopic (exact) mass is 247 g/mol. The van der Waals surface area contributed by atoms with Gasteiger partial charge in [0.15, 0.2) is 23.3 Å². The van der Waals surface area contributed by atoms with E-state index in [1.807, 2.05) is 13.2 Å². The van der Waals surface area contributed by atoms with E-state index >= 15 is 0 Å². The molecule has 0 radical (unpaired) electrons. The second kappa shape index (κ2) is 6.52. The summed E-state index contributed by atoms with van der Waals surface area (Å²) >= 11 is 1.64. The van der Waals surface area contributed by atoms with Crippen LogP contribution in [-0.4, -0.2) is 30.1 Å². The maximum atomic E-state index is 13.3. The van der Waals surface area contributed by atoms with E-state index in [9.17, 15) is 8.78 Å². The van der Waals surface area contributed by atoms with Crippen molar-refractivity contribution in [2.45, 2.75) is 6.92 Å². The number of pyridine rings is 1. The van der Waals surface area contributed by atoms with Gasteiger partial charge in [0.2, 0.25) is 0 Å². The summed E-state index contributed by atoms with van der Waals surface area (Å²) in [6.45, 7) is 2.97. The minimum Gasteiger partial charge on any atom is -0.368 e. The van der Waals surface area contributed by atoms with Gasteiger partial charge in [0.25, 0.3) is 0 Å². The fraction of sp³-hybridized carbons (Fsp3) is 0.500. The van der Waals surface area contributed by atoms with E-state index in [0.717, 1.165) is 11.8 Å². The third-order valence-corrected chi connectivity index (χ3v) is 2.48. The van der Waals surface area contributed by atoms with E-state index in [1.54, 1.807) is 11.8 Å². The maximum Gasteiger partial charge on any atom is 0.168 e. The third kappa shape index (κ3) is 3.52. The summed E-state index contributed by atoms with van der Waals surface area (Å²) in [4.78, 5) is 3.85. The Labute approximate surface area is 98.0 Å². The van der Waals surface area contributed by atoms with E-state index in [4.69, 9.17) is 0 Å². The quantitative estimate of drug-likeness (QED) is 0.758. The normalized spacial score (nSPS) is 10.2. The predicted molar refractivity (Wildman–Crippen MR) is 65.2 cm³/mol. The molecule has 1 rings (SSSR count). The zero-order valence-corrected chi connectivity index (χ0v) is 10.1. The number of halogens is 2. The van der Waals surface area contributed by atoms with Crippen molar-refractivity contribution in [3.05, 3.63) is 17.7 Å². The van der Waals surface area contributed by atoms with Crippen LogP contribution >= 0.6 is 11.8 Å². The first kappa shape index (κ1) is 13.0. The summed E-state index contributed by atoms with van der Waals surface area (Å²) in [6.07, 6.45) is 1.96. The second-order valence-corrected chi connectivity index (χ2v) is 4.08. The number of hydrogen-bond acceptors (Lipinski definition) is 4. The van der Waals surface area contributed by atoms with Gasteiger partial charge in [-0.2, -0.15) is 11.8 Å². The number of anilines is 2. The molecule has 0 aliphatic carbocycles. The zero-order valence-electron chi connectivity index (χ0n) is 9.31. The standard InChI is InChI=1S/C10H15F2N3S/c1-3-13-9-7(11)6-8(12)10(15-9)14-4-5-16-2/h6H,3-5H2,1-2H3,(H2,13,14,15). The summed E-state index contributed by atoms with van der Waals surface area (Å²) in [5.74, 6) is -0.327. The van der Waals surface area contributed by atoms with Crippen molar-refractivity contribution >= 4 is 23.4 Å². The minimum absolute atomic E-state index is 0.0792. The third-order valence-electron chi connectivity index (χ3n) is 1.87. The highest BCUT2D eigenvalue weighted by Crippen LogP contribution is 2.18. The van der Waals surface area contributed by atoms with Crippen LogP contribution in [0.2, 0.25) is 0 Å². The molecule has 0 atom stereocenters. The first-order valence-electron chi connectivity index (χ1n) is 5.01. The molecule has 0 saturated carbocycles. The molecule has 3 nitrogen and oxygen atoms in total. The van der Waals surface area contributed by atoms with Crippen LogP contribution in [0.15, 0.2) is 6.07 Å². The van der Waals surface area contributed by atoms with Crippen LogP contribution in [0.3, 0.4) is 0 Å². The molecule has 0 aliphatic rings. The van der Waals surface area contributed by atoms with Gasteiger partial charge in [0.1, 0.15) is 0 Å². The fourth-order valence-corrected chi connectivity index (χ4v) is 1.46. The first-order chi connectivity index (χ1) is 7.69. The molecular formula is C10H15F2N3S. The lowest BCUT2D eigenvalue weighted by Gasteiger charge is -2.09. The van der Waals surface area contributed by atoms with Gasteiger partial charge in [0.05, 0.1) is 0 Å².